The fourth-order valence-electron chi connectivity index (χ4n) is 2.13. The van der Waals surface area contributed by atoms with Crippen molar-refractivity contribution in [1.29, 1.82) is 0 Å². The molecule has 1 unspecified atom stereocenters. The molecule has 0 aliphatic carbocycles. The SMILES string of the molecule is CCCC(N)c1cc(C(C)(C)C)ccc1OC(C)C. The van der Waals surface area contributed by atoms with Crippen molar-refractivity contribution in [3.05, 3.63) is 29.3 Å². The van der Waals surface area contributed by atoms with Gasteiger partial charge in [0.2, 0.25) is 0 Å². The van der Waals surface area contributed by atoms with E-state index in [0.717, 1.165) is 24.2 Å². The summed E-state index contributed by atoms with van der Waals surface area (Å²) in [6.07, 6.45) is 2.25. The zero-order valence-corrected chi connectivity index (χ0v) is 13.3. The molecule has 1 aromatic carbocycles. The molecule has 2 heteroatoms. The molecule has 0 radical (unpaired) electrons. The van der Waals surface area contributed by atoms with Gasteiger partial charge in [-0.05, 0) is 37.3 Å². The van der Waals surface area contributed by atoms with Crippen LogP contribution in [0.1, 0.15) is 71.6 Å². The highest BCUT2D eigenvalue weighted by Crippen LogP contribution is 2.32. The van der Waals surface area contributed by atoms with Crippen molar-refractivity contribution in [2.24, 2.45) is 5.73 Å². The second-order valence-corrected chi connectivity index (χ2v) is 6.56. The Hall–Kier alpha value is -1.02. The zero-order chi connectivity index (χ0) is 14.6. The van der Waals surface area contributed by atoms with Crippen LogP contribution in [0.2, 0.25) is 0 Å². The Kier molecular flexibility index (Phi) is 5.42. The lowest BCUT2D eigenvalue weighted by Gasteiger charge is -2.24. The van der Waals surface area contributed by atoms with E-state index < -0.39 is 0 Å². The highest BCUT2D eigenvalue weighted by molar-refractivity contribution is 5.41. The van der Waals surface area contributed by atoms with Crippen molar-refractivity contribution in [3.63, 3.8) is 0 Å². The second kappa shape index (κ2) is 6.42. The molecule has 0 aliphatic rings. The number of benzene rings is 1. The molecule has 1 rings (SSSR count). The Balaban J connectivity index is 3.18. The summed E-state index contributed by atoms with van der Waals surface area (Å²) in [5.74, 6) is 0.934. The van der Waals surface area contributed by atoms with Gasteiger partial charge >= 0.3 is 0 Å². The van der Waals surface area contributed by atoms with E-state index in [1.807, 2.05) is 13.8 Å². The third-order valence-corrected chi connectivity index (χ3v) is 3.24. The van der Waals surface area contributed by atoms with Crippen molar-refractivity contribution in [2.45, 2.75) is 71.9 Å². The highest BCUT2D eigenvalue weighted by atomic mass is 16.5. The maximum atomic E-state index is 6.31. The van der Waals surface area contributed by atoms with Gasteiger partial charge in [0, 0.05) is 11.6 Å². The van der Waals surface area contributed by atoms with Gasteiger partial charge in [-0.1, -0.05) is 46.2 Å². The average molecular weight is 263 g/mol. The normalized spacial score (nSPS) is 13.7. The topological polar surface area (TPSA) is 35.2 Å². The molecule has 108 valence electrons. The fourth-order valence-corrected chi connectivity index (χ4v) is 2.13. The van der Waals surface area contributed by atoms with Gasteiger partial charge in [0.1, 0.15) is 5.75 Å². The Labute approximate surface area is 118 Å². The molecule has 0 aromatic heterocycles. The maximum absolute atomic E-state index is 6.31. The first-order valence-electron chi connectivity index (χ1n) is 7.32. The zero-order valence-electron chi connectivity index (χ0n) is 13.3. The molecular formula is C17H29NO. The predicted octanol–water partition coefficient (Wildman–Crippen LogP) is 4.57. The monoisotopic (exact) mass is 263 g/mol. The van der Waals surface area contributed by atoms with Gasteiger partial charge in [-0.25, -0.2) is 0 Å². The number of hydrogen-bond donors (Lipinski definition) is 1. The molecule has 1 atom stereocenters. The van der Waals surface area contributed by atoms with Crippen LogP contribution in [-0.2, 0) is 5.41 Å². The third-order valence-electron chi connectivity index (χ3n) is 3.24. The van der Waals surface area contributed by atoms with Crippen molar-refractivity contribution in [3.8, 4) is 5.75 Å². The van der Waals surface area contributed by atoms with Crippen LogP contribution >= 0.6 is 0 Å². The molecular weight excluding hydrogens is 234 g/mol. The largest absolute Gasteiger partial charge is 0.491 e. The lowest BCUT2D eigenvalue weighted by Crippen LogP contribution is -2.17. The van der Waals surface area contributed by atoms with Gasteiger partial charge in [-0.3, -0.25) is 0 Å². The van der Waals surface area contributed by atoms with Crippen molar-refractivity contribution in [1.82, 2.24) is 0 Å². The Bertz CT molecular complexity index is 404. The van der Waals surface area contributed by atoms with Crippen LogP contribution < -0.4 is 10.5 Å². The van der Waals surface area contributed by atoms with E-state index in [1.165, 1.54) is 5.56 Å². The number of nitrogens with two attached hydrogens (primary N) is 1. The quantitative estimate of drug-likeness (QED) is 0.844. The van der Waals surface area contributed by atoms with E-state index >= 15 is 0 Å². The van der Waals surface area contributed by atoms with Gasteiger partial charge in [0.25, 0.3) is 0 Å². The van der Waals surface area contributed by atoms with Crippen LogP contribution in [0.5, 0.6) is 5.75 Å². The minimum absolute atomic E-state index is 0.0565. The summed E-state index contributed by atoms with van der Waals surface area (Å²) in [6.45, 7) is 12.9. The summed E-state index contributed by atoms with van der Waals surface area (Å²) in [5.41, 5.74) is 8.90. The average Bonchev–Trinajstić information content (AvgIpc) is 2.27. The Morgan fingerprint density at radius 3 is 2.32 bits per heavy atom. The first-order chi connectivity index (χ1) is 8.75. The molecule has 0 aliphatic heterocycles. The molecule has 0 spiro atoms. The summed E-state index contributed by atoms with van der Waals surface area (Å²) in [5, 5.41) is 0. The summed E-state index contributed by atoms with van der Waals surface area (Å²) >= 11 is 0. The van der Waals surface area contributed by atoms with Crippen LogP contribution in [0.25, 0.3) is 0 Å². The standard InChI is InChI=1S/C17H29NO/c1-7-8-15(18)14-11-13(17(4,5)6)9-10-16(14)19-12(2)3/h9-12,15H,7-8,18H2,1-6H3. The van der Waals surface area contributed by atoms with Crippen LogP contribution in [0, 0.1) is 0 Å². The molecule has 0 saturated heterocycles. The lowest BCUT2D eigenvalue weighted by atomic mass is 9.85. The van der Waals surface area contributed by atoms with E-state index in [0.29, 0.717) is 0 Å². The van der Waals surface area contributed by atoms with E-state index in [4.69, 9.17) is 10.5 Å². The van der Waals surface area contributed by atoms with Crippen LogP contribution in [0.15, 0.2) is 18.2 Å². The first-order valence-corrected chi connectivity index (χ1v) is 7.32. The third kappa shape index (κ3) is 4.54. The van der Waals surface area contributed by atoms with E-state index in [2.05, 4.69) is 45.9 Å². The van der Waals surface area contributed by atoms with Crippen molar-refractivity contribution >= 4 is 0 Å². The van der Waals surface area contributed by atoms with Gasteiger partial charge in [0.15, 0.2) is 0 Å². The summed E-state index contributed by atoms with van der Waals surface area (Å²) in [7, 11) is 0. The van der Waals surface area contributed by atoms with Crippen molar-refractivity contribution in [2.75, 3.05) is 0 Å². The first kappa shape index (κ1) is 16.0. The maximum Gasteiger partial charge on any atom is 0.124 e. The second-order valence-electron chi connectivity index (χ2n) is 6.56. The van der Waals surface area contributed by atoms with Crippen LogP contribution in [0.3, 0.4) is 0 Å². The van der Waals surface area contributed by atoms with Crippen LogP contribution in [0.4, 0.5) is 0 Å². The summed E-state index contributed by atoms with van der Waals surface area (Å²) in [4.78, 5) is 0. The number of rotatable bonds is 5. The van der Waals surface area contributed by atoms with E-state index in [9.17, 15) is 0 Å². The van der Waals surface area contributed by atoms with Gasteiger partial charge < -0.3 is 10.5 Å². The molecule has 0 heterocycles. The summed E-state index contributed by atoms with van der Waals surface area (Å²) in [6, 6.07) is 6.50. The van der Waals surface area contributed by atoms with Gasteiger partial charge in [-0.2, -0.15) is 0 Å². The molecule has 2 nitrogen and oxygen atoms in total. The number of ether oxygens (including phenoxy) is 1. The Morgan fingerprint density at radius 2 is 1.84 bits per heavy atom. The molecule has 1 aromatic rings. The number of hydrogen-bond acceptors (Lipinski definition) is 2. The van der Waals surface area contributed by atoms with Crippen LogP contribution in [-0.4, -0.2) is 6.10 Å². The summed E-state index contributed by atoms with van der Waals surface area (Å²) < 4.78 is 5.90. The minimum Gasteiger partial charge on any atom is -0.491 e. The molecule has 19 heavy (non-hydrogen) atoms. The van der Waals surface area contributed by atoms with Gasteiger partial charge in [0.05, 0.1) is 6.10 Å². The van der Waals surface area contributed by atoms with E-state index in [-0.39, 0.29) is 17.6 Å². The molecule has 0 bridgehead atoms. The predicted molar refractivity (Wildman–Crippen MR) is 82.7 cm³/mol. The minimum atomic E-state index is 0.0565. The molecule has 0 saturated carbocycles. The van der Waals surface area contributed by atoms with E-state index in [1.54, 1.807) is 0 Å². The van der Waals surface area contributed by atoms with Crippen molar-refractivity contribution < 1.29 is 4.74 Å². The fraction of sp³-hybridized carbons (Fsp3) is 0.647. The van der Waals surface area contributed by atoms with Gasteiger partial charge in [-0.15, -0.1) is 0 Å². The molecule has 0 amide bonds. The smallest absolute Gasteiger partial charge is 0.124 e. The lowest BCUT2D eigenvalue weighted by molar-refractivity contribution is 0.238. The molecule has 2 N–H and O–H groups in total. The Morgan fingerprint density at radius 1 is 1.21 bits per heavy atom. The highest BCUT2D eigenvalue weighted by Gasteiger charge is 2.19. The molecule has 0 fully saturated rings.